The van der Waals surface area contributed by atoms with Crippen molar-refractivity contribution >= 4 is 17.3 Å². The van der Waals surface area contributed by atoms with Gasteiger partial charge in [-0.05, 0) is 90.3 Å². The number of hydrogen-bond acceptors (Lipinski definition) is 2. The van der Waals surface area contributed by atoms with E-state index < -0.39 is 0 Å². The van der Waals surface area contributed by atoms with Crippen molar-refractivity contribution in [3.05, 3.63) is 95.1 Å². The van der Waals surface area contributed by atoms with Crippen molar-refractivity contribution in [2.45, 2.75) is 44.6 Å². The van der Waals surface area contributed by atoms with Crippen LogP contribution in [0.1, 0.15) is 65.2 Å². The van der Waals surface area contributed by atoms with Crippen molar-refractivity contribution in [1.29, 1.82) is 0 Å². The number of benzene rings is 3. The molecule has 0 saturated heterocycles. The van der Waals surface area contributed by atoms with Crippen molar-refractivity contribution in [3.63, 3.8) is 0 Å². The summed E-state index contributed by atoms with van der Waals surface area (Å²) in [7, 11) is 0. The Kier molecular flexibility index (Phi) is 4.78. The molecule has 1 amide bonds. The van der Waals surface area contributed by atoms with Gasteiger partial charge in [-0.3, -0.25) is 4.79 Å². The van der Waals surface area contributed by atoms with Crippen LogP contribution in [0.15, 0.2) is 72.8 Å². The van der Waals surface area contributed by atoms with Crippen LogP contribution in [0.25, 0.3) is 0 Å². The zero-order chi connectivity index (χ0) is 21.7. The lowest BCUT2D eigenvalue weighted by Gasteiger charge is -2.43. The molecule has 0 spiro atoms. The van der Waals surface area contributed by atoms with E-state index in [1.807, 2.05) is 24.3 Å². The Balaban J connectivity index is 1.35. The summed E-state index contributed by atoms with van der Waals surface area (Å²) in [5.41, 5.74) is 6.79. The maximum Gasteiger partial charge on any atom is 0.255 e. The predicted octanol–water partition coefficient (Wildman–Crippen LogP) is 6.80. The van der Waals surface area contributed by atoms with Crippen molar-refractivity contribution < 1.29 is 4.79 Å². The maximum absolute atomic E-state index is 13.2. The molecule has 5 atom stereocenters. The fraction of sp³-hybridized carbons (Fsp3) is 0.345. The first-order chi connectivity index (χ1) is 15.7. The van der Waals surface area contributed by atoms with E-state index in [-0.39, 0.29) is 5.91 Å². The van der Waals surface area contributed by atoms with Gasteiger partial charge in [-0.2, -0.15) is 0 Å². The molecule has 2 N–H and O–H groups in total. The largest absolute Gasteiger partial charge is 0.378 e. The second-order valence-electron chi connectivity index (χ2n) is 9.74. The minimum atomic E-state index is -0.0152. The van der Waals surface area contributed by atoms with E-state index in [9.17, 15) is 4.79 Å². The van der Waals surface area contributed by atoms with Gasteiger partial charge in [0.05, 0.1) is 6.04 Å². The molecule has 3 aromatic carbocycles. The van der Waals surface area contributed by atoms with E-state index >= 15 is 0 Å². The van der Waals surface area contributed by atoms with Crippen LogP contribution in [0, 0.1) is 17.8 Å². The second-order valence-corrected chi connectivity index (χ2v) is 9.74. The quantitative estimate of drug-likeness (QED) is 0.485. The van der Waals surface area contributed by atoms with E-state index in [2.05, 4.69) is 66.1 Å². The molecular formula is C29H30N2O. The number of hydrogen-bond donors (Lipinski definition) is 2. The van der Waals surface area contributed by atoms with E-state index in [4.69, 9.17) is 0 Å². The van der Waals surface area contributed by atoms with Crippen LogP contribution in [-0.4, -0.2) is 5.91 Å². The molecule has 0 unspecified atom stereocenters. The Morgan fingerprint density at radius 1 is 0.969 bits per heavy atom. The van der Waals surface area contributed by atoms with Crippen LogP contribution in [0.3, 0.4) is 0 Å². The molecule has 2 bridgehead atoms. The molecular weight excluding hydrogens is 392 g/mol. The highest BCUT2D eigenvalue weighted by molar-refractivity contribution is 6.05. The van der Waals surface area contributed by atoms with Gasteiger partial charge in [-0.25, -0.2) is 0 Å². The number of fused-ring (bicyclic) bond motifs is 7. The van der Waals surface area contributed by atoms with Gasteiger partial charge in [0.1, 0.15) is 0 Å². The normalized spacial score (nSPS) is 27.3. The number of carbonyl (C=O) groups excluding carboxylic acids is 1. The molecule has 1 aliphatic heterocycles. The number of rotatable bonds is 4. The van der Waals surface area contributed by atoms with Crippen molar-refractivity contribution in [1.82, 2.24) is 0 Å². The summed E-state index contributed by atoms with van der Waals surface area (Å²) in [5, 5.41) is 7.03. The maximum atomic E-state index is 13.2. The lowest BCUT2D eigenvalue weighted by molar-refractivity contribution is 0.102. The van der Waals surface area contributed by atoms with Gasteiger partial charge in [-0.1, -0.05) is 55.5 Å². The Bertz CT molecular complexity index is 1150. The van der Waals surface area contributed by atoms with Crippen molar-refractivity contribution in [3.8, 4) is 0 Å². The Hall–Kier alpha value is -3.07. The zero-order valence-corrected chi connectivity index (χ0v) is 18.6. The van der Waals surface area contributed by atoms with E-state index in [1.54, 1.807) is 0 Å². The first-order valence-electron chi connectivity index (χ1n) is 12.1. The molecule has 3 aliphatic rings. The van der Waals surface area contributed by atoms with Crippen LogP contribution >= 0.6 is 0 Å². The number of aryl methyl sites for hydroxylation is 1. The average molecular weight is 423 g/mol. The third-order valence-electron chi connectivity index (χ3n) is 8.15. The smallest absolute Gasteiger partial charge is 0.255 e. The zero-order valence-electron chi connectivity index (χ0n) is 18.6. The lowest BCUT2D eigenvalue weighted by Crippen LogP contribution is -2.35. The molecule has 6 rings (SSSR count). The van der Waals surface area contributed by atoms with Crippen LogP contribution in [0.2, 0.25) is 0 Å². The van der Waals surface area contributed by atoms with Crippen LogP contribution in [-0.2, 0) is 6.42 Å². The Labute approximate surface area is 190 Å². The van der Waals surface area contributed by atoms with Crippen LogP contribution in [0.4, 0.5) is 11.4 Å². The highest BCUT2D eigenvalue weighted by Crippen LogP contribution is 2.63. The molecule has 0 radical (unpaired) electrons. The minimum Gasteiger partial charge on any atom is -0.378 e. The number of para-hydroxylation sites is 1. The van der Waals surface area contributed by atoms with E-state index in [0.717, 1.165) is 29.5 Å². The summed E-state index contributed by atoms with van der Waals surface area (Å²) in [6.07, 6.45) is 4.91. The van der Waals surface area contributed by atoms with Gasteiger partial charge in [0, 0.05) is 16.9 Å². The minimum absolute atomic E-state index is 0.0152. The van der Waals surface area contributed by atoms with Gasteiger partial charge in [0.25, 0.3) is 5.91 Å². The summed E-state index contributed by atoms with van der Waals surface area (Å²) in [6.45, 7) is 2.12. The fourth-order valence-corrected chi connectivity index (χ4v) is 6.76. The summed E-state index contributed by atoms with van der Waals surface area (Å²) < 4.78 is 0. The SMILES string of the molecule is CCc1ccccc1NC(=O)c1ccc2c(c1)[C@@H]1[C@H]3CC[C@@H](C3)[C@H]1[C@@H](c1ccccc1)N2. The fourth-order valence-electron chi connectivity index (χ4n) is 6.76. The molecule has 2 saturated carbocycles. The van der Waals surface area contributed by atoms with Gasteiger partial charge < -0.3 is 10.6 Å². The van der Waals surface area contributed by atoms with Gasteiger partial charge >= 0.3 is 0 Å². The molecule has 3 aromatic rings. The van der Waals surface area contributed by atoms with Gasteiger partial charge in [0.2, 0.25) is 0 Å². The first-order valence-corrected chi connectivity index (χ1v) is 12.1. The van der Waals surface area contributed by atoms with Gasteiger partial charge in [-0.15, -0.1) is 0 Å². The predicted molar refractivity (Wildman–Crippen MR) is 130 cm³/mol. The molecule has 3 nitrogen and oxygen atoms in total. The standard InChI is InChI=1S/C29H30N2O/c1-2-18-8-6-7-11-24(18)31-29(32)22-14-15-25-23(17-22)26-20-12-13-21(16-20)27(26)28(30-25)19-9-4-3-5-10-19/h3-11,14-15,17,20-21,26-28,30H,2,12-13,16H2,1H3,(H,31,32)/t20-,21-,26-,27+,28+/m0/s1. The molecule has 2 fully saturated rings. The first kappa shape index (κ1) is 19.6. The van der Waals surface area contributed by atoms with Crippen molar-refractivity contribution in [2.24, 2.45) is 17.8 Å². The summed E-state index contributed by atoms with van der Waals surface area (Å²) >= 11 is 0. The molecule has 2 aliphatic carbocycles. The third kappa shape index (κ3) is 3.14. The highest BCUT2D eigenvalue weighted by atomic mass is 16.1. The molecule has 3 heteroatoms. The number of nitrogens with one attached hydrogen (secondary N) is 2. The number of anilines is 2. The highest BCUT2D eigenvalue weighted by Gasteiger charge is 2.53. The number of carbonyl (C=O) groups is 1. The topological polar surface area (TPSA) is 41.1 Å². The summed E-state index contributed by atoms with van der Waals surface area (Å²) in [6, 6.07) is 25.6. The van der Waals surface area contributed by atoms with Crippen LogP contribution in [0.5, 0.6) is 0 Å². The summed E-state index contributed by atoms with van der Waals surface area (Å²) in [4.78, 5) is 13.2. The van der Waals surface area contributed by atoms with Gasteiger partial charge in [0.15, 0.2) is 0 Å². The molecule has 1 heterocycles. The third-order valence-corrected chi connectivity index (χ3v) is 8.15. The molecule has 32 heavy (non-hydrogen) atoms. The Morgan fingerprint density at radius 2 is 1.75 bits per heavy atom. The molecule has 162 valence electrons. The van der Waals surface area contributed by atoms with E-state index in [1.165, 1.54) is 41.6 Å². The summed E-state index contributed by atoms with van der Waals surface area (Å²) in [5.74, 6) is 2.67. The average Bonchev–Trinajstić information content (AvgIpc) is 3.47. The van der Waals surface area contributed by atoms with E-state index in [0.29, 0.717) is 17.9 Å². The van der Waals surface area contributed by atoms with Crippen molar-refractivity contribution in [2.75, 3.05) is 10.6 Å². The monoisotopic (exact) mass is 422 g/mol. The van der Waals surface area contributed by atoms with Crippen LogP contribution < -0.4 is 10.6 Å². The Morgan fingerprint density at radius 3 is 2.59 bits per heavy atom. The number of amides is 1. The lowest BCUT2D eigenvalue weighted by atomic mass is 9.68. The second kappa shape index (κ2) is 7.81. The molecule has 0 aromatic heterocycles.